The number of Topliss-reactive ketones (excluding diaryl/α,β-unsaturated/α-hetero) is 2. The standard InChI is InChI=1S/C11H10O3/c1-7(12)11-6-9(13)8-4-2-3-5-10(8)14-11/h2-5,11H,6H2,1H3. The summed E-state index contributed by atoms with van der Waals surface area (Å²) in [6.07, 6.45) is -0.441. The van der Waals surface area contributed by atoms with E-state index in [1.54, 1.807) is 24.3 Å². The molecule has 1 aliphatic heterocycles. The smallest absolute Gasteiger partial charge is 0.170 e. The molecule has 3 heteroatoms. The Morgan fingerprint density at radius 1 is 1.43 bits per heavy atom. The third-order valence-corrected chi connectivity index (χ3v) is 2.28. The predicted octanol–water partition coefficient (Wildman–Crippen LogP) is 1.61. The Hall–Kier alpha value is -1.64. The van der Waals surface area contributed by atoms with Crippen LogP contribution in [0.5, 0.6) is 5.75 Å². The molecule has 0 bridgehead atoms. The van der Waals surface area contributed by atoms with Crippen molar-refractivity contribution in [3.63, 3.8) is 0 Å². The number of ketones is 2. The van der Waals surface area contributed by atoms with Gasteiger partial charge in [0.25, 0.3) is 0 Å². The van der Waals surface area contributed by atoms with Crippen molar-refractivity contribution in [2.75, 3.05) is 0 Å². The molecule has 0 spiro atoms. The summed E-state index contributed by atoms with van der Waals surface area (Å²) >= 11 is 0. The molecule has 3 nitrogen and oxygen atoms in total. The number of rotatable bonds is 1. The molecular formula is C11H10O3. The van der Waals surface area contributed by atoms with Crippen LogP contribution in [0.4, 0.5) is 0 Å². The quantitative estimate of drug-likeness (QED) is 0.675. The summed E-state index contributed by atoms with van der Waals surface area (Å²) in [4.78, 5) is 22.6. The van der Waals surface area contributed by atoms with Crippen molar-refractivity contribution in [1.82, 2.24) is 0 Å². The molecule has 1 aromatic carbocycles. The van der Waals surface area contributed by atoms with Crippen LogP contribution >= 0.6 is 0 Å². The minimum atomic E-state index is -0.600. The molecule has 0 saturated carbocycles. The first kappa shape index (κ1) is 8.94. The van der Waals surface area contributed by atoms with Gasteiger partial charge in [0.1, 0.15) is 5.75 Å². The lowest BCUT2D eigenvalue weighted by Gasteiger charge is -2.22. The molecule has 1 unspecified atom stereocenters. The number of hydrogen-bond donors (Lipinski definition) is 0. The van der Waals surface area contributed by atoms with Crippen molar-refractivity contribution < 1.29 is 14.3 Å². The highest BCUT2D eigenvalue weighted by atomic mass is 16.5. The van der Waals surface area contributed by atoms with E-state index in [4.69, 9.17) is 4.74 Å². The number of hydrogen-bond acceptors (Lipinski definition) is 3. The Kier molecular flexibility index (Phi) is 2.08. The van der Waals surface area contributed by atoms with Crippen molar-refractivity contribution in [2.45, 2.75) is 19.4 Å². The van der Waals surface area contributed by atoms with Gasteiger partial charge >= 0.3 is 0 Å². The van der Waals surface area contributed by atoms with Crippen molar-refractivity contribution in [3.8, 4) is 5.75 Å². The van der Waals surface area contributed by atoms with Gasteiger partial charge < -0.3 is 4.74 Å². The van der Waals surface area contributed by atoms with E-state index in [2.05, 4.69) is 0 Å². The Morgan fingerprint density at radius 2 is 2.14 bits per heavy atom. The molecule has 1 aromatic rings. The predicted molar refractivity (Wildman–Crippen MR) is 50.5 cm³/mol. The summed E-state index contributed by atoms with van der Waals surface area (Å²) in [5.41, 5.74) is 0.574. The highest BCUT2D eigenvalue weighted by Gasteiger charge is 2.28. The zero-order valence-electron chi connectivity index (χ0n) is 7.82. The molecule has 0 amide bonds. The van der Waals surface area contributed by atoms with Crippen LogP contribution in [0.1, 0.15) is 23.7 Å². The van der Waals surface area contributed by atoms with Crippen LogP contribution in [0, 0.1) is 0 Å². The van der Waals surface area contributed by atoms with Crippen LogP contribution < -0.4 is 4.74 Å². The minimum absolute atomic E-state index is 0.0212. The van der Waals surface area contributed by atoms with Gasteiger partial charge in [-0.2, -0.15) is 0 Å². The lowest BCUT2D eigenvalue weighted by molar-refractivity contribution is -0.123. The van der Waals surface area contributed by atoms with Crippen molar-refractivity contribution in [1.29, 1.82) is 0 Å². The molecule has 72 valence electrons. The molecule has 0 fully saturated rings. The molecular weight excluding hydrogens is 180 g/mol. The number of fused-ring (bicyclic) bond motifs is 1. The maximum atomic E-state index is 11.6. The molecule has 1 aliphatic rings. The highest BCUT2D eigenvalue weighted by molar-refractivity contribution is 6.02. The Labute approximate surface area is 81.7 Å². The van der Waals surface area contributed by atoms with Gasteiger partial charge in [0.2, 0.25) is 0 Å². The first-order valence-corrected chi connectivity index (χ1v) is 4.48. The molecule has 14 heavy (non-hydrogen) atoms. The fraction of sp³-hybridized carbons (Fsp3) is 0.273. The van der Waals surface area contributed by atoms with E-state index in [1.165, 1.54) is 6.92 Å². The van der Waals surface area contributed by atoms with E-state index in [1.807, 2.05) is 0 Å². The number of ether oxygens (including phenoxy) is 1. The maximum Gasteiger partial charge on any atom is 0.170 e. The second-order valence-corrected chi connectivity index (χ2v) is 3.34. The van der Waals surface area contributed by atoms with Gasteiger partial charge in [-0.15, -0.1) is 0 Å². The fourth-order valence-corrected chi connectivity index (χ4v) is 1.50. The topological polar surface area (TPSA) is 43.4 Å². The minimum Gasteiger partial charge on any atom is -0.481 e. The lowest BCUT2D eigenvalue weighted by atomic mass is 9.99. The first-order valence-electron chi connectivity index (χ1n) is 4.48. The SMILES string of the molecule is CC(=O)C1CC(=O)c2ccccc2O1. The van der Waals surface area contributed by atoms with Crippen molar-refractivity contribution >= 4 is 11.6 Å². The summed E-state index contributed by atoms with van der Waals surface area (Å²) in [6, 6.07) is 7.00. The number of carbonyl (C=O) groups is 2. The molecule has 0 aliphatic carbocycles. The van der Waals surface area contributed by atoms with Crippen LogP contribution in [-0.2, 0) is 4.79 Å². The molecule has 1 heterocycles. The van der Waals surface area contributed by atoms with Gasteiger partial charge in [-0.05, 0) is 19.1 Å². The summed E-state index contributed by atoms with van der Waals surface area (Å²) < 4.78 is 5.39. The van der Waals surface area contributed by atoms with E-state index in [0.29, 0.717) is 11.3 Å². The lowest BCUT2D eigenvalue weighted by Crippen LogP contribution is -2.32. The van der Waals surface area contributed by atoms with Gasteiger partial charge in [-0.25, -0.2) is 0 Å². The van der Waals surface area contributed by atoms with Gasteiger partial charge in [0, 0.05) is 0 Å². The average molecular weight is 190 g/mol. The normalized spacial score (nSPS) is 19.8. The number of benzene rings is 1. The number of para-hydroxylation sites is 1. The summed E-state index contributed by atoms with van der Waals surface area (Å²) in [7, 11) is 0. The highest BCUT2D eigenvalue weighted by Crippen LogP contribution is 2.27. The third-order valence-electron chi connectivity index (χ3n) is 2.28. The maximum absolute atomic E-state index is 11.6. The van der Waals surface area contributed by atoms with Crippen LogP contribution in [0.15, 0.2) is 24.3 Å². The summed E-state index contributed by atoms with van der Waals surface area (Å²) in [5.74, 6) is 0.392. The second-order valence-electron chi connectivity index (χ2n) is 3.34. The van der Waals surface area contributed by atoms with E-state index >= 15 is 0 Å². The van der Waals surface area contributed by atoms with Crippen molar-refractivity contribution in [2.24, 2.45) is 0 Å². The molecule has 1 atom stereocenters. The molecule has 0 radical (unpaired) electrons. The average Bonchev–Trinajstić information content (AvgIpc) is 2.17. The Bertz CT molecular complexity index is 395. The fourth-order valence-electron chi connectivity index (χ4n) is 1.50. The molecule has 2 rings (SSSR count). The van der Waals surface area contributed by atoms with E-state index in [9.17, 15) is 9.59 Å². The summed E-state index contributed by atoms with van der Waals surface area (Å²) in [6.45, 7) is 1.44. The largest absolute Gasteiger partial charge is 0.481 e. The van der Waals surface area contributed by atoms with E-state index < -0.39 is 6.10 Å². The van der Waals surface area contributed by atoms with Gasteiger partial charge in [-0.1, -0.05) is 12.1 Å². The third kappa shape index (κ3) is 1.41. The Balaban J connectivity index is 2.38. The summed E-state index contributed by atoms with van der Waals surface area (Å²) in [5, 5.41) is 0. The van der Waals surface area contributed by atoms with Crippen LogP contribution in [0.2, 0.25) is 0 Å². The monoisotopic (exact) mass is 190 g/mol. The van der Waals surface area contributed by atoms with Crippen LogP contribution in [-0.4, -0.2) is 17.7 Å². The van der Waals surface area contributed by atoms with E-state index in [0.717, 1.165) is 0 Å². The van der Waals surface area contributed by atoms with Gasteiger partial charge in [0.15, 0.2) is 17.7 Å². The molecule has 0 saturated heterocycles. The number of carbonyl (C=O) groups excluding carboxylic acids is 2. The Morgan fingerprint density at radius 3 is 2.86 bits per heavy atom. The van der Waals surface area contributed by atoms with Crippen LogP contribution in [0.3, 0.4) is 0 Å². The second kappa shape index (κ2) is 3.25. The molecule has 0 aromatic heterocycles. The zero-order valence-corrected chi connectivity index (χ0v) is 7.82. The van der Waals surface area contributed by atoms with Gasteiger partial charge in [0.05, 0.1) is 12.0 Å². The zero-order chi connectivity index (χ0) is 10.1. The van der Waals surface area contributed by atoms with Crippen LogP contribution in [0.25, 0.3) is 0 Å². The molecule has 0 N–H and O–H groups in total. The van der Waals surface area contributed by atoms with Crippen molar-refractivity contribution in [3.05, 3.63) is 29.8 Å². The van der Waals surface area contributed by atoms with Gasteiger partial charge in [-0.3, -0.25) is 9.59 Å². The first-order chi connectivity index (χ1) is 6.68. The van der Waals surface area contributed by atoms with E-state index in [-0.39, 0.29) is 18.0 Å².